The number of hydrogen-bond donors (Lipinski definition) is 1. The predicted molar refractivity (Wildman–Crippen MR) is 120 cm³/mol. The zero-order chi connectivity index (χ0) is 20.4. The molecule has 0 radical (unpaired) electrons. The van der Waals surface area contributed by atoms with E-state index in [9.17, 15) is 5.26 Å². The lowest BCUT2D eigenvalue weighted by Crippen LogP contribution is -2.00. The van der Waals surface area contributed by atoms with Crippen molar-refractivity contribution < 1.29 is 0 Å². The molecule has 0 atom stereocenters. The number of benzene rings is 3. The topological polar surface area (TPSA) is 62.7 Å². The highest BCUT2D eigenvalue weighted by molar-refractivity contribution is 6.35. The third-order valence-corrected chi connectivity index (χ3v) is 5.23. The number of pyridine rings is 1. The highest BCUT2D eigenvalue weighted by Gasteiger charge is 2.15. The molecule has 140 valence electrons. The van der Waals surface area contributed by atoms with Crippen molar-refractivity contribution in [2.24, 2.45) is 0 Å². The van der Waals surface area contributed by atoms with Gasteiger partial charge in [0.2, 0.25) is 0 Å². The van der Waals surface area contributed by atoms with E-state index >= 15 is 0 Å². The summed E-state index contributed by atoms with van der Waals surface area (Å²) >= 11 is 12.5. The Labute approximate surface area is 179 Å². The Morgan fingerprint density at radius 2 is 1.41 bits per heavy atom. The molecule has 1 aromatic heterocycles. The van der Waals surface area contributed by atoms with Gasteiger partial charge in [-0.15, -0.1) is 0 Å². The van der Waals surface area contributed by atoms with Gasteiger partial charge < -0.3 is 5.73 Å². The van der Waals surface area contributed by atoms with E-state index in [4.69, 9.17) is 28.9 Å². The van der Waals surface area contributed by atoms with Crippen molar-refractivity contribution in [1.29, 1.82) is 5.26 Å². The molecule has 0 fully saturated rings. The number of aromatic nitrogens is 1. The van der Waals surface area contributed by atoms with Crippen LogP contribution < -0.4 is 5.73 Å². The fourth-order valence-electron chi connectivity index (χ4n) is 3.21. The van der Waals surface area contributed by atoms with Crippen molar-refractivity contribution in [3.63, 3.8) is 0 Å². The molecule has 3 nitrogen and oxygen atoms in total. The summed E-state index contributed by atoms with van der Waals surface area (Å²) in [5.41, 5.74) is 11.5. The maximum atomic E-state index is 9.64. The van der Waals surface area contributed by atoms with Crippen molar-refractivity contribution in [3.05, 3.63) is 94.5 Å². The van der Waals surface area contributed by atoms with Gasteiger partial charge in [-0.1, -0.05) is 77.8 Å². The summed E-state index contributed by atoms with van der Waals surface area (Å²) < 4.78 is 0. The van der Waals surface area contributed by atoms with E-state index in [1.54, 1.807) is 18.2 Å². The summed E-state index contributed by atoms with van der Waals surface area (Å²) in [5.74, 6) is 0.156. The Morgan fingerprint density at radius 1 is 0.759 bits per heavy atom. The number of rotatable bonds is 3. The third-order valence-electron chi connectivity index (χ3n) is 4.67. The molecule has 0 saturated carbocycles. The second kappa shape index (κ2) is 7.97. The van der Waals surface area contributed by atoms with Gasteiger partial charge >= 0.3 is 0 Å². The van der Waals surface area contributed by atoms with Crippen LogP contribution >= 0.6 is 23.2 Å². The number of nitrogen functional groups attached to an aromatic ring is 1. The highest BCUT2D eigenvalue weighted by atomic mass is 35.5. The molecule has 5 heteroatoms. The Morgan fingerprint density at radius 3 is 2.10 bits per heavy atom. The molecule has 0 spiro atoms. The highest BCUT2D eigenvalue weighted by Crippen LogP contribution is 2.35. The maximum absolute atomic E-state index is 9.64. The summed E-state index contributed by atoms with van der Waals surface area (Å²) in [5, 5.41) is 10.7. The quantitative estimate of drug-likeness (QED) is 0.398. The van der Waals surface area contributed by atoms with Gasteiger partial charge in [-0.05, 0) is 41.0 Å². The van der Waals surface area contributed by atoms with Crippen molar-refractivity contribution in [2.75, 3.05) is 5.73 Å². The second-order valence-corrected chi connectivity index (χ2v) is 7.34. The van der Waals surface area contributed by atoms with Gasteiger partial charge in [0.25, 0.3) is 0 Å². The Balaban J connectivity index is 1.84. The number of anilines is 1. The van der Waals surface area contributed by atoms with Crippen LogP contribution in [0.4, 0.5) is 5.82 Å². The van der Waals surface area contributed by atoms with E-state index in [1.807, 2.05) is 48.5 Å². The molecular formula is C24H15Cl2N3. The zero-order valence-electron chi connectivity index (χ0n) is 15.2. The average Bonchev–Trinajstić information content (AvgIpc) is 2.75. The summed E-state index contributed by atoms with van der Waals surface area (Å²) in [6.07, 6.45) is 0. The largest absolute Gasteiger partial charge is 0.383 e. The van der Waals surface area contributed by atoms with Crippen LogP contribution in [0.15, 0.2) is 78.9 Å². The smallest absolute Gasteiger partial charge is 0.142 e. The molecule has 0 unspecified atom stereocenters. The number of hydrogen-bond acceptors (Lipinski definition) is 3. The first kappa shape index (κ1) is 19.0. The Hall–Kier alpha value is -3.32. The van der Waals surface area contributed by atoms with Crippen LogP contribution in [0.1, 0.15) is 5.56 Å². The molecule has 4 aromatic rings. The van der Waals surface area contributed by atoms with Gasteiger partial charge in [0.15, 0.2) is 0 Å². The van der Waals surface area contributed by atoms with E-state index in [0.717, 1.165) is 16.7 Å². The van der Waals surface area contributed by atoms with Gasteiger partial charge in [-0.3, -0.25) is 0 Å². The van der Waals surface area contributed by atoms with Crippen LogP contribution in [0.3, 0.4) is 0 Å². The third kappa shape index (κ3) is 3.82. The van der Waals surface area contributed by atoms with E-state index in [2.05, 4.69) is 23.2 Å². The number of nitrogens with zero attached hydrogens (tertiary/aromatic N) is 2. The molecular weight excluding hydrogens is 401 g/mol. The number of nitriles is 1. The van der Waals surface area contributed by atoms with Crippen molar-refractivity contribution >= 4 is 29.0 Å². The van der Waals surface area contributed by atoms with E-state index in [0.29, 0.717) is 32.4 Å². The molecule has 4 rings (SSSR count). The molecule has 3 aromatic carbocycles. The van der Waals surface area contributed by atoms with Gasteiger partial charge in [-0.2, -0.15) is 5.26 Å². The normalized spacial score (nSPS) is 10.5. The van der Waals surface area contributed by atoms with Gasteiger partial charge in [0.05, 0.1) is 10.7 Å². The van der Waals surface area contributed by atoms with Crippen LogP contribution in [0.5, 0.6) is 0 Å². The molecule has 2 N–H and O–H groups in total. The first-order valence-electron chi connectivity index (χ1n) is 8.88. The molecule has 0 aliphatic carbocycles. The summed E-state index contributed by atoms with van der Waals surface area (Å²) in [6.45, 7) is 0. The zero-order valence-corrected chi connectivity index (χ0v) is 16.7. The molecule has 0 aliphatic heterocycles. The fraction of sp³-hybridized carbons (Fsp3) is 0. The lowest BCUT2D eigenvalue weighted by atomic mass is 9.96. The SMILES string of the molecule is N#Cc1c(-c2ccc(-c3ccccc3)cc2)cc(-c2cc(Cl)ccc2Cl)nc1N. The monoisotopic (exact) mass is 415 g/mol. The van der Waals surface area contributed by atoms with E-state index < -0.39 is 0 Å². The van der Waals surface area contributed by atoms with Crippen molar-refractivity contribution in [3.8, 4) is 39.6 Å². The molecule has 0 amide bonds. The predicted octanol–water partition coefficient (Wildman–Crippen LogP) is 6.84. The van der Waals surface area contributed by atoms with Crippen LogP contribution in [0, 0.1) is 11.3 Å². The molecule has 29 heavy (non-hydrogen) atoms. The van der Waals surface area contributed by atoms with Crippen LogP contribution in [-0.2, 0) is 0 Å². The lowest BCUT2D eigenvalue weighted by Gasteiger charge is -2.12. The number of nitrogens with two attached hydrogens (primary N) is 1. The Bertz CT molecular complexity index is 1230. The van der Waals surface area contributed by atoms with E-state index in [-0.39, 0.29) is 5.82 Å². The molecule has 0 aliphatic rings. The summed E-state index contributed by atoms with van der Waals surface area (Å²) in [7, 11) is 0. The lowest BCUT2D eigenvalue weighted by molar-refractivity contribution is 1.31. The van der Waals surface area contributed by atoms with Gasteiger partial charge in [0.1, 0.15) is 17.5 Å². The summed E-state index contributed by atoms with van der Waals surface area (Å²) in [6, 6.07) is 27.2. The first-order chi connectivity index (χ1) is 14.1. The maximum Gasteiger partial charge on any atom is 0.142 e. The first-order valence-corrected chi connectivity index (χ1v) is 9.64. The van der Waals surface area contributed by atoms with Crippen molar-refractivity contribution in [2.45, 2.75) is 0 Å². The summed E-state index contributed by atoms with van der Waals surface area (Å²) in [4.78, 5) is 4.38. The second-order valence-electron chi connectivity index (χ2n) is 6.49. The standard InChI is InChI=1S/C24H15Cl2N3/c25-18-10-11-22(26)20(12-18)23-13-19(21(14-27)24(28)29-23)17-8-6-16(7-9-17)15-4-2-1-3-5-15/h1-13H,(H2,28,29). The minimum Gasteiger partial charge on any atom is -0.383 e. The van der Waals surface area contributed by atoms with Crippen LogP contribution in [0.25, 0.3) is 33.5 Å². The van der Waals surface area contributed by atoms with Gasteiger partial charge in [-0.25, -0.2) is 4.98 Å². The minimum atomic E-state index is 0.156. The molecule has 1 heterocycles. The fourth-order valence-corrected chi connectivity index (χ4v) is 3.60. The minimum absolute atomic E-state index is 0.156. The average molecular weight is 416 g/mol. The van der Waals surface area contributed by atoms with Crippen molar-refractivity contribution in [1.82, 2.24) is 4.98 Å². The van der Waals surface area contributed by atoms with Crippen LogP contribution in [0.2, 0.25) is 10.0 Å². The molecule has 0 bridgehead atoms. The Kier molecular flexibility index (Phi) is 5.22. The molecule has 0 saturated heterocycles. The van der Waals surface area contributed by atoms with E-state index in [1.165, 1.54) is 0 Å². The number of halogens is 2. The van der Waals surface area contributed by atoms with Gasteiger partial charge in [0, 0.05) is 16.1 Å². The van der Waals surface area contributed by atoms with Crippen LogP contribution in [-0.4, -0.2) is 4.98 Å².